The SMILES string of the molecule is CN(CC(O)C1CC1)C1Cc2ccccc2C1O. The largest absolute Gasteiger partial charge is 0.392 e. The average molecular weight is 247 g/mol. The molecule has 0 saturated heterocycles. The molecule has 0 aliphatic heterocycles. The maximum Gasteiger partial charge on any atom is 0.0950 e. The zero-order valence-corrected chi connectivity index (χ0v) is 10.8. The number of rotatable bonds is 4. The molecule has 3 heteroatoms. The van der Waals surface area contributed by atoms with Crippen molar-refractivity contribution in [2.45, 2.75) is 37.5 Å². The van der Waals surface area contributed by atoms with E-state index in [1.807, 2.05) is 25.2 Å². The van der Waals surface area contributed by atoms with Gasteiger partial charge >= 0.3 is 0 Å². The fourth-order valence-electron chi connectivity index (χ4n) is 3.01. The summed E-state index contributed by atoms with van der Waals surface area (Å²) in [5.41, 5.74) is 2.29. The molecular formula is C15H21NO2. The lowest BCUT2D eigenvalue weighted by atomic mass is 10.1. The van der Waals surface area contributed by atoms with Gasteiger partial charge in [0.2, 0.25) is 0 Å². The molecule has 1 aromatic rings. The van der Waals surface area contributed by atoms with Crippen LogP contribution in [0, 0.1) is 5.92 Å². The van der Waals surface area contributed by atoms with Gasteiger partial charge in [0.1, 0.15) is 0 Å². The lowest BCUT2D eigenvalue weighted by molar-refractivity contribution is 0.0369. The molecule has 1 fully saturated rings. The Bertz CT molecular complexity index is 430. The van der Waals surface area contributed by atoms with E-state index >= 15 is 0 Å². The molecule has 1 saturated carbocycles. The maximum atomic E-state index is 10.4. The van der Waals surface area contributed by atoms with E-state index in [0.717, 1.165) is 24.8 Å². The van der Waals surface area contributed by atoms with E-state index in [1.165, 1.54) is 5.56 Å². The number of hydrogen-bond acceptors (Lipinski definition) is 3. The predicted molar refractivity (Wildman–Crippen MR) is 70.3 cm³/mol. The maximum absolute atomic E-state index is 10.4. The number of hydrogen-bond donors (Lipinski definition) is 2. The summed E-state index contributed by atoms with van der Waals surface area (Å²) in [6.45, 7) is 0.667. The molecule has 0 aromatic heterocycles. The van der Waals surface area contributed by atoms with Crippen LogP contribution in [0.5, 0.6) is 0 Å². The Balaban J connectivity index is 1.67. The van der Waals surface area contributed by atoms with Crippen molar-refractivity contribution < 1.29 is 10.2 Å². The average Bonchev–Trinajstić information content (AvgIpc) is 3.15. The van der Waals surface area contributed by atoms with Crippen LogP contribution in [0.25, 0.3) is 0 Å². The normalized spacial score (nSPS) is 28.4. The third kappa shape index (κ3) is 2.18. The molecule has 0 radical (unpaired) electrons. The van der Waals surface area contributed by atoms with Crippen LogP contribution in [0.4, 0.5) is 0 Å². The Hall–Kier alpha value is -0.900. The van der Waals surface area contributed by atoms with Gasteiger partial charge in [0.15, 0.2) is 0 Å². The molecule has 3 nitrogen and oxygen atoms in total. The molecule has 1 aromatic carbocycles. The number of aliphatic hydroxyl groups is 2. The zero-order chi connectivity index (χ0) is 12.7. The van der Waals surface area contributed by atoms with E-state index in [2.05, 4.69) is 11.0 Å². The summed E-state index contributed by atoms with van der Waals surface area (Å²) < 4.78 is 0. The summed E-state index contributed by atoms with van der Waals surface area (Å²) in [7, 11) is 2.01. The number of aliphatic hydroxyl groups excluding tert-OH is 2. The second-order valence-corrected chi connectivity index (χ2v) is 5.76. The highest BCUT2D eigenvalue weighted by Gasteiger charge is 2.36. The van der Waals surface area contributed by atoms with Crippen LogP contribution in [0.1, 0.15) is 30.1 Å². The van der Waals surface area contributed by atoms with Crippen LogP contribution in [0.15, 0.2) is 24.3 Å². The lowest BCUT2D eigenvalue weighted by Gasteiger charge is -2.29. The molecule has 3 unspecified atom stereocenters. The van der Waals surface area contributed by atoms with Crippen molar-refractivity contribution in [1.82, 2.24) is 4.90 Å². The van der Waals surface area contributed by atoms with Gasteiger partial charge in [0.05, 0.1) is 12.2 Å². The molecule has 2 N–H and O–H groups in total. The topological polar surface area (TPSA) is 43.7 Å². The standard InChI is InChI=1S/C15H21NO2/c1-16(9-14(17)10-6-7-10)13-8-11-4-2-3-5-12(11)15(13)18/h2-5,10,13-15,17-18H,6-9H2,1H3. The highest BCUT2D eigenvalue weighted by molar-refractivity contribution is 5.35. The Labute approximate surface area is 108 Å². The lowest BCUT2D eigenvalue weighted by Crippen LogP contribution is -2.40. The molecule has 2 aliphatic rings. The second kappa shape index (κ2) is 4.65. The van der Waals surface area contributed by atoms with Crippen LogP contribution >= 0.6 is 0 Å². The van der Waals surface area contributed by atoms with Crippen molar-refractivity contribution in [1.29, 1.82) is 0 Å². The van der Waals surface area contributed by atoms with Crippen LogP contribution in [0.2, 0.25) is 0 Å². The van der Waals surface area contributed by atoms with Gasteiger partial charge in [0, 0.05) is 12.6 Å². The monoisotopic (exact) mass is 247 g/mol. The fourth-order valence-corrected chi connectivity index (χ4v) is 3.01. The molecule has 2 aliphatic carbocycles. The van der Waals surface area contributed by atoms with Gasteiger partial charge in [-0.05, 0) is 43.4 Å². The van der Waals surface area contributed by atoms with Crippen LogP contribution in [-0.4, -0.2) is 40.9 Å². The van der Waals surface area contributed by atoms with E-state index in [9.17, 15) is 10.2 Å². The fraction of sp³-hybridized carbons (Fsp3) is 0.600. The molecule has 98 valence electrons. The summed E-state index contributed by atoms with van der Waals surface area (Å²) in [5.74, 6) is 0.494. The molecule has 0 bridgehead atoms. The van der Waals surface area contributed by atoms with Crippen LogP contribution < -0.4 is 0 Å². The number of benzene rings is 1. The highest BCUT2D eigenvalue weighted by atomic mass is 16.3. The van der Waals surface area contributed by atoms with Crippen molar-refractivity contribution in [3.8, 4) is 0 Å². The van der Waals surface area contributed by atoms with E-state index in [0.29, 0.717) is 12.5 Å². The zero-order valence-electron chi connectivity index (χ0n) is 10.8. The number of fused-ring (bicyclic) bond motifs is 1. The summed E-state index contributed by atoms with van der Waals surface area (Å²) in [5, 5.41) is 20.4. The Morgan fingerprint density at radius 1 is 1.33 bits per heavy atom. The number of likely N-dealkylation sites (N-methyl/N-ethyl adjacent to an activating group) is 1. The van der Waals surface area contributed by atoms with Gasteiger partial charge in [-0.2, -0.15) is 0 Å². The first kappa shape index (κ1) is 12.2. The third-order valence-electron chi connectivity index (χ3n) is 4.37. The highest BCUT2D eigenvalue weighted by Crippen LogP contribution is 2.36. The predicted octanol–water partition coefficient (Wildman–Crippen LogP) is 1.35. The Morgan fingerprint density at radius 3 is 2.72 bits per heavy atom. The summed E-state index contributed by atoms with van der Waals surface area (Å²) >= 11 is 0. The summed E-state index contributed by atoms with van der Waals surface area (Å²) in [6.07, 6.45) is 2.54. The van der Waals surface area contributed by atoms with Crippen molar-refractivity contribution in [2.24, 2.45) is 5.92 Å². The van der Waals surface area contributed by atoms with Crippen molar-refractivity contribution >= 4 is 0 Å². The molecule has 18 heavy (non-hydrogen) atoms. The van der Waals surface area contributed by atoms with Gasteiger partial charge < -0.3 is 10.2 Å². The van der Waals surface area contributed by atoms with Gasteiger partial charge in [0.25, 0.3) is 0 Å². The first-order chi connectivity index (χ1) is 8.66. The summed E-state index contributed by atoms with van der Waals surface area (Å²) in [6, 6.07) is 8.20. The van der Waals surface area contributed by atoms with E-state index < -0.39 is 6.10 Å². The molecule has 3 rings (SSSR count). The van der Waals surface area contributed by atoms with E-state index in [-0.39, 0.29) is 12.1 Å². The smallest absolute Gasteiger partial charge is 0.0950 e. The van der Waals surface area contributed by atoms with Crippen LogP contribution in [-0.2, 0) is 6.42 Å². The van der Waals surface area contributed by atoms with Gasteiger partial charge in [-0.25, -0.2) is 0 Å². The molecule has 3 atom stereocenters. The van der Waals surface area contributed by atoms with Crippen LogP contribution in [0.3, 0.4) is 0 Å². The van der Waals surface area contributed by atoms with Crippen molar-refractivity contribution in [3.05, 3.63) is 35.4 Å². The minimum atomic E-state index is -0.419. The van der Waals surface area contributed by atoms with E-state index in [1.54, 1.807) is 0 Å². The van der Waals surface area contributed by atoms with Gasteiger partial charge in [-0.15, -0.1) is 0 Å². The van der Waals surface area contributed by atoms with E-state index in [4.69, 9.17) is 0 Å². The Kier molecular flexibility index (Phi) is 3.14. The molecule has 0 spiro atoms. The first-order valence-electron chi connectivity index (χ1n) is 6.81. The first-order valence-corrected chi connectivity index (χ1v) is 6.81. The Morgan fingerprint density at radius 2 is 2.06 bits per heavy atom. The van der Waals surface area contributed by atoms with Gasteiger partial charge in [-0.3, -0.25) is 4.90 Å². The minimum Gasteiger partial charge on any atom is -0.392 e. The molecular weight excluding hydrogens is 226 g/mol. The third-order valence-corrected chi connectivity index (χ3v) is 4.37. The minimum absolute atomic E-state index is 0.107. The van der Waals surface area contributed by atoms with Gasteiger partial charge in [-0.1, -0.05) is 24.3 Å². The summed E-state index contributed by atoms with van der Waals surface area (Å²) in [4.78, 5) is 2.12. The second-order valence-electron chi connectivity index (χ2n) is 5.76. The number of nitrogens with zero attached hydrogens (tertiary/aromatic N) is 1. The van der Waals surface area contributed by atoms with Crippen molar-refractivity contribution in [3.63, 3.8) is 0 Å². The van der Waals surface area contributed by atoms with Crippen molar-refractivity contribution in [2.75, 3.05) is 13.6 Å². The molecule has 0 heterocycles. The molecule has 0 amide bonds. The quantitative estimate of drug-likeness (QED) is 0.844.